The number of hydrogen-bond acceptors (Lipinski definition) is 6. The molecular formula is C9H8F3N7O. The Balaban J connectivity index is 2.52. The third-order valence-corrected chi connectivity index (χ3v) is 2.22. The van der Waals surface area contributed by atoms with E-state index in [2.05, 4.69) is 15.1 Å². The number of hydrazine groups is 1. The van der Waals surface area contributed by atoms with Gasteiger partial charge in [0.25, 0.3) is 5.91 Å². The number of aromatic nitrogens is 4. The second-order valence-electron chi connectivity index (χ2n) is 3.61. The van der Waals surface area contributed by atoms with Gasteiger partial charge in [-0.05, 0) is 0 Å². The van der Waals surface area contributed by atoms with E-state index < -0.39 is 17.9 Å². The molecule has 2 heterocycles. The van der Waals surface area contributed by atoms with E-state index in [1.165, 1.54) is 0 Å². The van der Waals surface area contributed by atoms with Crippen LogP contribution in [-0.4, -0.2) is 25.7 Å². The van der Waals surface area contributed by atoms with E-state index in [1.807, 2.05) is 5.43 Å². The minimum Gasteiger partial charge on any atom is -0.366 e. The molecule has 1 amide bonds. The van der Waals surface area contributed by atoms with Crippen LogP contribution >= 0.6 is 0 Å². The third-order valence-electron chi connectivity index (χ3n) is 2.22. The molecule has 2 aromatic heterocycles. The topological polar surface area (TPSA) is 125 Å². The van der Waals surface area contributed by atoms with E-state index in [-0.39, 0.29) is 17.2 Å². The first-order valence-corrected chi connectivity index (χ1v) is 5.09. The van der Waals surface area contributed by atoms with Gasteiger partial charge < -0.3 is 11.2 Å². The zero-order valence-electron chi connectivity index (χ0n) is 9.72. The molecule has 0 aliphatic carbocycles. The number of nitrogens with one attached hydrogen (secondary N) is 1. The quantitative estimate of drug-likeness (QED) is 0.541. The van der Waals surface area contributed by atoms with Crippen molar-refractivity contribution >= 4 is 11.7 Å². The number of nitrogen functional groups attached to an aromatic ring is 1. The average Bonchev–Trinajstić information content (AvgIpc) is 2.87. The molecule has 0 aliphatic heterocycles. The predicted octanol–water partition coefficient (Wildman–Crippen LogP) is 0.0656. The minimum absolute atomic E-state index is 0.0272. The van der Waals surface area contributed by atoms with Gasteiger partial charge in [-0.15, -0.1) is 0 Å². The molecule has 5 N–H and O–H groups in total. The second kappa shape index (κ2) is 4.77. The number of carbonyl (C=O) groups excluding carboxylic acids is 1. The highest BCUT2D eigenvalue weighted by Gasteiger charge is 2.35. The summed E-state index contributed by atoms with van der Waals surface area (Å²) in [6, 6.07) is 1.13. The van der Waals surface area contributed by atoms with Crippen LogP contribution in [0.2, 0.25) is 0 Å². The lowest BCUT2D eigenvalue weighted by molar-refractivity contribution is -0.144. The lowest BCUT2D eigenvalue weighted by Crippen LogP contribution is -2.17. The summed E-state index contributed by atoms with van der Waals surface area (Å²) in [6.07, 6.45) is -2.50. The minimum atomic E-state index is -4.75. The van der Waals surface area contributed by atoms with Gasteiger partial charge in [-0.3, -0.25) is 4.79 Å². The van der Waals surface area contributed by atoms with Gasteiger partial charge in [0.05, 0.1) is 11.8 Å². The van der Waals surface area contributed by atoms with Gasteiger partial charge in [0.15, 0.2) is 5.82 Å². The Morgan fingerprint density at radius 3 is 2.55 bits per heavy atom. The molecule has 0 saturated carbocycles. The fraction of sp³-hybridized carbons (Fsp3) is 0.111. The van der Waals surface area contributed by atoms with Gasteiger partial charge in [0.1, 0.15) is 5.82 Å². The second-order valence-corrected chi connectivity index (χ2v) is 3.61. The van der Waals surface area contributed by atoms with Crippen LogP contribution in [0.3, 0.4) is 0 Å². The van der Waals surface area contributed by atoms with Gasteiger partial charge in [-0.25, -0.2) is 20.5 Å². The number of hydrogen-bond donors (Lipinski definition) is 3. The number of amides is 1. The summed E-state index contributed by atoms with van der Waals surface area (Å²) < 4.78 is 38.9. The maximum Gasteiger partial charge on any atom is 0.451 e. The number of nitrogens with two attached hydrogens (primary N) is 2. The SMILES string of the molecule is NNc1cc(-n2cc(C(N)=O)cn2)nc(C(F)(F)F)n1. The van der Waals surface area contributed by atoms with Gasteiger partial charge in [-0.2, -0.15) is 18.3 Å². The van der Waals surface area contributed by atoms with Gasteiger partial charge in [0.2, 0.25) is 5.82 Å². The Kier molecular flexibility index (Phi) is 3.28. The van der Waals surface area contributed by atoms with Crippen molar-refractivity contribution < 1.29 is 18.0 Å². The van der Waals surface area contributed by atoms with Crippen molar-refractivity contribution in [3.8, 4) is 5.82 Å². The largest absolute Gasteiger partial charge is 0.451 e. The van der Waals surface area contributed by atoms with Gasteiger partial charge >= 0.3 is 6.18 Å². The van der Waals surface area contributed by atoms with Crippen molar-refractivity contribution in [1.29, 1.82) is 0 Å². The smallest absolute Gasteiger partial charge is 0.366 e. The molecule has 0 aliphatic rings. The first-order chi connectivity index (χ1) is 9.31. The highest BCUT2D eigenvalue weighted by atomic mass is 19.4. The van der Waals surface area contributed by atoms with Crippen molar-refractivity contribution in [2.24, 2.45) is 11.6 Å². The van der Waals surface area contributed by atoms with Crippen LogP contribution in [0.1, 0.15) is 16.2 Å². The van der Waals surface area contributed by atoms with Crippen LogP contribution in [0, 0.1) is 0 Å². The lowest BCUT2D eigenvalue weighted by Gasteiger charge is -2.09. The molecule has 106 valence electrons. The molecule has 2 rings (SSSR count). The molecule has 0 bridgehead atoms. The van der Waals surface area contributed by atoms with Crippen molar-refractivity contribution in [3.05, 3.63) is 29.8 Å². The number of alkyl halides is 3. The lowest BCUT2D eigenvalue weighted by atomic mass is 10.3. The maximum absolute atomic E-state index is 12.6. The number of nitrogens with zero attached hydrogens (tertiary/aromatic N) is 4. The first-order valence-electron chi connectivity index (χ1n) is 5.09. The monoisotopic (exact) mass is 287 g/mol. The highest BCUT2D eigenvalue weighted by molar-refractivity contribution is 5.92. The van der Waals surface area contributed by atoms with E-state index in [0.29, 0.717) is 0 Å². The summed E-state index contributed by atoms with van der Waals surface area (Å²) in [7, 11) is 0. The van der Waals surface area contributed by atoms with Crippen LogP contribution in [0.4, 0.5) is 19.0 Å². The molecule has 0 radical (unpaired) electrons. The standard InChI is InChI=1S/C9H8F3N7O/c10-9(11,12)8-16-5(18-14)1-6(17-8)19-3-4(2-15-19)7(13)20/h1-3H,14H2,(H2,13,20)(H,16,17,18). The molecular weight excluding hydrogens is 279 g/mol. The van der Waals surface area contributed by atoms with Crippen molar-refractivity contribution in [2.45, 2.75) is 6.18 Å². The highest BCUT2D eigenvalue weighted by Crippen LogP contribution is 2.27. The van der Waals surface area contributed by atoms with E-state index in [9.17, 15) is 18.0 Å². The summed E-state index contributed by atoms with van der Waals surface area (Å²) in [5.41, 5.74) is 7.05. The maximum atomic E-state index is 12.6. The Morgan fingerprint density at radius 2 is 2.05 bits per heavy atom. The fourth-order valence-corrected chi connectivity index (χ4v) is 1.33. The Bertz CT molecular complexity index is 651. The summed E-state index contributed by atoms with van der Waals surface area (Å²) in [4.78, 5) is 17.4. The number of primary amides is 1. The van der Waals surface area contributed by atoms with E-state index in [0.717, 1.165) is 23.1 Å². The average molecular weight is 287 g/mol. The summed E-state index contributed by atoms with van der Waals surface area (Å²) >= 11 is 0. The van der Waals surface area contributed by atoms with Crippen molar-refractivity contribution in [3.63, 3.8) is 0 Å². The first kappa shape index (κ1) is 13.7. The Morgan fingerprint density at radius 1 is 1.35 bits per heavy atom. The molecule has 11 heteroatoms. The van der Waals surface area contributed by atoms with Crippen LogP contribution in [0.25, 0.3) is 5.82 Å². The van der Waals surface area contributed by atoms with Crippen LogP contribution < -0.4 is 17.0 Å². The van der Waals surface area contributed by atoms with Gasteiger partial charge in [-0.1, -0.05) is 0 Å². The third kappa shape index (κ3) is 2.66. The molecule has 0 saturated heterocycles. The Labute approximate surface area is 109 Å². The number of halogens is 3. The van der Waals surface area contributed by atoms with Crippen LogP contribution in [0.15, 0.2) is 18.5 Å². The normalized spacial score (nSPS) is 11.4. The van der Waals surface area contributed by atoms with Crippen LogP contribution in [0.5, 0.6) is 0 Å². The number of rotatable bonds is 3. The summed E-state index contributed by atoms with van der Waals surface area (Å²) in [6.45, 7) is 0. The number of carbonyl (C=O) groups is 1. The van der Waals surface area contributed by atoms with Crippen LogP contribution in [-0.2, 0) is 6.18 Å². The summed E-state index contributed by atoms with van der Waals surface area (Å²) in [5.74, 6) is 2.43. The van der Waals surface area contributed by atoms with Gasteiger partial charge in [0, 0.05) is 12.3 Å². The molecule has 2 aromatic rings. The molecule has 0 unspecified atom stereocenters. The molecule has 0 spiro atoms. The predicted molar refractivity (Wildman–Crippen MR) is 60.5 cm³/mol. The molecule has 8 nitrogen and oxygen atoms in total. The van der Waals surface area contributed by atoms with E-state index >= 15 is 0 Å². The Hall–Kier alpha value is -2.69. The molecule has 0 aromatic carbocycles. The molecule has 0 atom stereocenters. The fourth-order valence-electron chi connectivity index (χ4n) is 1.33. The zero-order chi connectivity index (χ0) is 14.9. The van der Waals surface area contributed by atoms with Crippen molar-refractivity contribution in [2.75, 3.05) is 5.43 Å². The summed E-state index contributed by atoms with van der Waals surface area (Å²) in [5, 5.41) is 3.70. The number of anilines is 1. The zero-order valence-corrected chi connectivity index (χ0v) is 9.72. The molecule has 0 fully saturated rings. The van der Waals surface area contributed by atoms with E-state index in [4.69, 9.17) is 11.6 Å². The van der Waals surface area contributed by atoms with Crippen molar-refractivity contribution in [1.82, 2.24) is 19.7 Å². The van der Waals surface area contributed by atoms with E-state index in [1.54, 1.807) is 0 Å². The molecule has 20 heavy (non-hydrogen) atoms.